The van der Waals surface area contributed by atoms with Crippen LogP contribution in [0, 0.1) is 0 Å². The largest absolute Gasteiger partial charge is 0.368 e. The van der Waals surface area contributed by atoms with Crippen LogP contribution < -0.4 is 11.1 Å². The topological polar surface area (TPSA) is 132 Å². The summed E-state index contributed by atoms with van der Waals surface area (Å²) in [6.07, 6.45) is 9.86. The molecule has 1 aromatic carbocycles. The van der Waals surface area contributed by atoms with Crippen molar-refractivity contribution in [2.45, 2.75) is 24.7 Å². The second kappa shape index (κ2) is 9.14. The Morgan fingerprint density at radius 2 is 1.74 bits per heavy atom. The fraction of sp³-hybridized carbons (Fsp3) is 0.333. The van der Waals surface area contributed by atoms with Gasteiger partial charge in [-0.25, -0.2) is 19.9 Å². The number of nitrogens with two attached hydrogens (primary N) is 1. The zero-order valence-electron chi connectivity index (χ0n) is 19.3. The first-order valence-corrected chi connectivity index (χ1v) is 11.3. The highest BCUT2D eigenvalue weighted by atomic mass is 16.5. The Labute approximate surface area is 197 Å². The zero-order chi connectivity index (χ0) is 23.5. The van der Waals surface area contributed by atoms with Gasteiger partial charge in [0.1, 0.15) is 11.5 Å². The highest BCUT2D eigenvalue weighted by molar-refractivity contribution is 5.63. The summed E-state index contributed by atoms with van der Waals surface area (Å²) in [5, 5.41) is 7.58. The maximum atomic E-state index is 5.60. The molecule has 0 atom stereocenters. The Morgan fingerprint density at radius 3 is 2.35 bits per heavy atom. The molecule has 3 heterocycles. The van der Waals surface area contributed by atoms with Crippen LogP contribution in [0.15, 0.2) is 53.6 Å². The second-order valence-corrected chi connectivity index (χ2v) is 8.78. The highest BCUT2D eigenvalue weighted by Gasteiger charge is 2.44. The normalized spacial score (nSPS) is 14.7. The van der Waals surface area contributed by atoms with E-state index in [9.17, 15) is 0 Å². The molecule has 3 N–H and O–H groups in total. The first-order chi connectivity index (χ1) is 16.5. The van der Waals surface area contributed by atoms with Crippen molar-refractivity contribution in [1.29, 1.82) is 0 Å². The number of likely N-dealkylation sites (N-methyl/N-ethyl adjacent to an activating group) is 1. The van der Waals surface area contributed by atoms with Crippen molar-refractivity contribution in [3.8, 4) is 22.7 Å². The van der Waals surface area contributed by atoms with Gasteiger partial charge in [0.15, 0.2) is 5.82 Å². The second-order valence-electron chi connectivity index (χ2n) is 8.78. The van der Waals surface area contributed by atoms with E-state index in [1.54, 1.807) is 24.8 Å². The van der Waals surface area contributed by atoms with Crippen LogP contribution in [0.2, 0.25) is 0 Å². The lowest BCUT2D eigenvalue weighted by Gasteiger charge is -2.39. The minimum Gasteiger partial charge on any atom is -0.368 e. The number of aromatic nitrogens is 6. The van der Waals surface area contributed by atoms with Gasteiger partial charge in [-0.3, -0.25) is 0 Å². The van der Waals surface area contributed by atoms with Crippen LogP contribution in [-0.2, 0) is 5.41 Å². The Balaban J connectivity index is 1.33. The van der Waals surface area contributed by atoms with Gasteiger partial charge in [0, 0.05) is 31.0 Å². The third kappa shape index (κ3) is 4.32. The molecule has 1 fully saturated rings. The van der Waals surface area contributed by atoms with Crippen molar-refractivity contribution < 1.29 is 4.52 Å². The van der Waals surface area contributed by atoms with Crippen molar-refractivity contribution in [2.75, 3.05) is 38.2 Å². The Hall–Kier alpha value is -3.92. The molecular formula is C24H27N9O. The van der Waals surface area contributed by atoms with Gasteiger partial charge in [-0.2, -0.15) is 4.98 Å². The first-order valence-electron chi connectivity index (χ1n) is 11.3. The molecule has 1 aliphatic rings. The molecule has 3 aromatic heterocycles. The van der Waals surface area contributed by atoms with Crippen molar-refractivity contribution in [2.24, 2.45) is 0 Å². The lowest BCUT2D eigenvalue weighted by molar-refractivity contribution is 0.273. The summed E-state index contributed by atoms with van der Waals surface area (Å²) in [4.78, 5) is 23.8. The van der Waals surface area contributed by atoms with Gasteiger partial charge >= 0.3 is 0 Å². The number of hydrogen-bond donors (Lipinski definition) is 2. The van der Waals surface area contributed by atoms with Crippen molar-refractivity contribution in [3.05, 3.63) is 60.4 Å². The molecule has 10 nitrogen and oxygen atoms in total. The van der Waals surface area contributed by atoms with Crippen LogP contribution in [0.3, 0.4) is 0 Å². The van der Waals surface area contributed by atoms with Crippen LogP contribution in [0.25, 0.3) is 22.7 Å². The summed E-state index contributed by atoms with van der Waals surface area (Å²) in [7, 11) is 4.06. The van der Waals surface area contributed by atoms with E-state index in [-0.39, 0.29) is 11.4 Å². The van der Waals surface area contributed by atoms with E-state index in [4.69, 9.17) is 15.2 Å². The third-order valence-electron chi connectivity index (χ3n) is 6.24. The molecule has 0 aliphatic heterocycles. The number of hydrogen-bond acceptors (Lipinski definition) is 10. The Kier molecular flexibility index (Phi) is 5.89. The molecule has 10 heteroatoms. The maximum Gasteiger partial charge on any atom is 0.278 e. The Bertz CT molecular complexity index is 1230. The van der Waals surface area contributed by atoms with E-state index in [2.05, 4.69) is 59.6 Å². The van der Waals surface area contributed by atoms with Crippen molar-refractivity contribution >= 4 is 11.8 Å². The summed E-state index contributed by atoms with van der Waals surface area (Å²) >= 11 is 0. The molecule has 0 bridgehead atoms. The SMILES string of the molecule is CN(C)CCNc1cnc(-c2nc(C3(c4ccc(-c5cnc(N)nc5)cc4)CCC3)no2)cn1. The number of benzene rings is 1. The predicted molar refractivity (Wildman–Crippen MR) is 129 cm³/mol. The Morgan fingerprint density at radius 1 is 0.971 bits per heavy atom. The molecule has 4 aromatic rings. The number of nitrogens with zero attached hydrogens (tertiary/aromatic N) is 7. The average Bonchev–Trinajstić information content (AvgIpc) is 3.30. The van der Waals surface area contributed by atoms with E-state index >= 15 is 0 Å². The summed E-state index contributed by atoms with van der Waals surface area (Å²) in [5.74, 6) is 2.05. The van der Waals surface area contributed by atoms with E-state index in [0.29, 0.717) is 23.2 Å². The highest BCUT2D eigenvalue weighted by Crippen LogP contribution is 2.48. The molecule has 0 radical (unpaired) electrons. The predicted octanol–water partition coefficient (Wildman–Crippen LogP) is 3.01. The molecule has 0 amide bonds. The quantitative estimate of drug-likeness (QED) is 0.407. The molecule has 1 saturated carbocycles. The molecular weight excluding hydrogens is 430 g/mol. The van der Waals surface area contributed by atoms with Gasteiger partial charge in [-0.05, 0) is 38.1 Å². The van der Waals surface area contributed by atoms with E-state index < -0.39 is 0 Å². The summed E-state index contributed by atoms with van der Waals surface area (Å²) in [6.45, 7) is 1.70. The van der Waals surface area contributed by atoms with Gasteiger partial charge in [0.25, 0.3) is 5.89 Å². The van der Waals surface area contributed by atoms with Crippen LogP contribution in [0.4, 0.5) is 11.8 Å². The summed E-state index contributed by atoms with van der Waals surface area (Å²) < 4.78 is 5.59. The lowest BCUT2D eigenvalue weighted by atomic mass is 9.64. The third-order valence-corrected chi connectivity index (χ3v) is 6.24. The fourth-order valence-corrected chi connectivity index (χ4v) is 4.10. The number of nitrogen functional groups attached to an aromatic ring is 1. The smallest absolute Gasteiger partial charge is 0.278 e. The van der Waals surface area contributed by atoms with Gasteiger partial charge in [0.05, 0.1) is 17.8 Å². The molecule has 174 valence electrons. The minimum atomic E-state index is -0.251. The summed E-state index contributed by atoms with van der Waals surface area (Å²) in [5.41, 5.74) is 9.02. The van der Waals surface area contributed by atoms with E-state index in [0.717, 1.165) is 49.0 Å². The molecule has 0 saturated heterocycles. The van der Waals surface area contributed by atoms with Crippen LogP contribution in [0.1, 0.15) is 30.7 Å². The van der Waals surface area contributed by atoms with Crippen LogP contribution in [-0.4, -0.2) is 62.2 Å². The fourth-order valence-electron chi connectivity index (χ4n) is 4.10. The van der Waals surface area contributed by atoms with Gasteiger partial charge in [-0.15, -0.1) is 0 Å². The van der Waals surface area contributed by atoms with Gasteiger partial charge < -0.3 is 20.5 Å². The van der Waals surface area contributed by atoms with Crippen LogP contribution >= 0.6 is 0 Å². The van der Waals surface area contributed by atoms with E-state index in [1.807, 2.05) is 14.1 Å². The van der Waals surface area contributed by atoms with Crippen molar-refractivity contribution in [1.82, 2.24) is 35.0 Å². The number of rotatable bonds is 8. The molecule has 5 rings (SSSR count). The minimum absolute atomic E-state index is 0.251. The number of anilines is 2. The van der Waals surface area contributed by atoms with Crippen LogP contribution in [0.5, 0.6) is 0 Å². The maximum absolute atomic E-state index is 5.60. The molecule has 34 heavy (non-hydrogen) atoms. The average molecular weight is 458 g/mol. The molecule has 0 spiro atoms. The van der Waals surface area contributed by atoms with Gasteiger partial charge in [-0.1, -0.05) is 35.8 Å². The molecule has 1 aliphatic carbocycles. The zero-order valence-corrected chi connectivity index (χ0v) is 19.3. The van der Waals surface area contributed by atoms with E-state index in [1.165, 1.54) is 0 Å². The van der Waals surface area contributed by atoms with Crippen molar-refractivity contribution in [3.63, 3.8) is 0 Å². The monoisotopic (exact) mass is 457 g/mol. The summed E-state index contributed by atoms with van der Waals surface area (Å²) in [6, 6.07) is 8.38. The van der Waals surface area contributed by atoms with Gasteiger partial charge in [0.2, 0.25) is 5.95 Å². The molecule has 0 unspecified atom stereocenters. The first kappa shape index (κ1) is 21.9. The standard InChI is InChI=1S/C24H27N9O/c1-33(2)11-10-26-20-15-27-19(14-28-20)21-31-22(32-34-21)24(8-3-9-24)18-6-4-16(5-7-18)17-12-29-23(25)30-13-17/h4-7,12-15H,3,8-11H2,1-2H3,(H,26,28)(H2,25,29,30). The number of nitrogens with one attached hydrogen (secondary N) is 1. The lowest BCUT2D eigenvalue weighted by Crippen LogP contribution is -2.36.